The summed E-state index contributed by atoms with van der Waals surface area (Å²) in [6, 6.07) is 10.0. The summed E-state index contributed by atoms with van der Waals surface area (Å²) >= 11 is 3.33. The first kappa shape index (κ1) is 10.4. The summed E-state index contributed by atoms with van der Waals surface area (Å²) in [6.07, 6.45) is 2.21. The van der Waals surface area contributed by atoms with Crippen molar-refractivity contribution < 1.29 is 0 Å². The van der Waals surface area contributed by atoms with E-state index in [0.29, 0.717) is 0 Å². The number of thioether (sulfide) groups is 1. The molecule has 0 amide bonds. The minimum Gasteiger partial charge on any atom is -0.192 e. The van der Waals surface area contributed by atoms with Gasteiger partial charge in [-0.25, -0.2) is 0 Å². The first-order chi connectivity index (χ1) is 8.33. The number of fused-ring (bicyclic) bond motifs is 3. The van der Waals surface area contributed by atoms with Crippen LogP contribution in [-0.4, -0.2) is 5.75 Å². The summed E-state index contributed by atoms with van der Waals surface area (Å²) < 4.78 is 1.91. The van der Waals surface area contributed by atoms with Crippen LogP contribution >= 0.6 is 23.1 Å². The summed E-state index contributed by atoms with van der Waals surface area (Å²) in [6.45, 7) is 0. The van der Waals surface area contributed by atoms with Gasteiger partial charge in [0.05, 0.1) is 4.53 Å². The van der Waals surface area contributed by atoms with Gasteiger partial charge in [-0.05, 0) is 23.4 Å². The standard InChI is InChI=1S/C13H6N2S2/c14-6-8(7-15)13-5-10-9-3-4-16-11(9)1-2-12(10)17-13/h1-3,5H,4H2. The van der Waals surface area contributed by atoms with Gasteiger partial charge in [-0.15, -0.1) is 23.1 Å². The van der Waals surface area contributed by atoms with Crippen LogP contribution in [0, 0.1) is 22.7 Å². The Hall–Kier alpha value is -1.75. The van der Waals surface area contributed by atoms with Crippen LogP contribution in [0.1, 0.15) is 0 Å². The second-order valence-corrected chi connectivity index (χ2v) is 5.76. The minimum atomic E-state index is 0.200. The van der Waals surface area contributed by atoms with Crippen LogP contribution in [0.5, 0.6) is 0 Å². The van der Waals surface area contributed by atoms with Crippen molar-refractivity contribution in [2.45, 2.75) is 4.90 Å². The first-order valence-corrected chi connectivity index (χ1v) is 6.84. The van der Waals surface area contributed by atoms with E-state index >= 15 is 0 Å². The van der Waals surface area contributed by atoms with Crippen molar-refractivity contribution in [2.75, 3.05) is 5.75 Å². The van der Waals surface area contributed by atoms with E-state index in [1.807, 2.05) is 30.0 Å². The zero-order valence-corrected chi connectivity index (χ0v) is 10.4. The SMILES string of the molecule is N#CC(C#N)=c1cc2c3c(ccc2s1)SCC=3. The van der Waals surface area contributed by atoms with Gasteiger partial charge in [-0.2, -0.15) is 10.5 Å². The van der Waals surface area contributed by atoms with Crippen molar-refractivity contribution in [1.29, 1.82) is 10.5 Å². The fourth-order valence-corrected chi connectivity index (χ4v) is 3.89. The lowest BCUT2D eigenvalue weighted by Gasteiger charge is -1.93. The number of nitrogens with zero attached hydrogens (tertiary/aromatic N) is 2. The molecule has 0 saturated heterocycles. The molecule has 1 aromatic heterocycles. The Labute approximate surface area is 106 Å². The molecule has 1 aromatic carbocycles. The third-order valence-corrected chi connectivity index (χ3v) is 4.82. The van der Waals surface area contributed by atoms with Crippen LogP contribution in [-0.2, 0) is 0 Å². The third-order valence-electron chi connectivity index (χ3n) is 2.70. The Balaban J connectivity index is 2.49. The van der Waals surface area contributed by atoms with Crippen LogP contribution < -0.4 is 9.75 Å². The van der Waals surface area contributed by atoms with Gasteiger partial charge in [-0.3, -0.25) is 0 Å². The van der Waals surface area contributed by atoms with E-state index in [1.54, 1.807) is 0 Å². The van der Waals surface area contributed by atoms with Gasteiger partial charge < -0.3 is 0 Å². The van der Waals surface area contributed by atoms with E-state index in [1.165, 1.54) is 21.5 Å². The molecule has 0 saturated carbocycles. The Bertz CT molecular complexity index is 800. The molecule has 2 nitrogen and oxygen atoms in total. The average Bonchev–Trinajstić information content (AvgIpc) is 2.95. The van der Waals surface area contributed by atoms with Crippen LogP contribution in [0.4, 0.5) is 0 Å². The molecule has 0 fully saturated rings. The molecular formula is C13H6N2S2. The number of hydrogen-bond acceptors (Lipinski definition) is 4. The lowest BCUT2D eigenvalue weighted by atomic mass is 10.2. The monoisotopic (exact) mass is 254 g/mol. The van der Waals surface area contributed by atoms with Gasteiger partial charge in [0.15, 0.2) is 0 Å². The van der Waals surface area contributed by atoms with Gasteiger partial charge in [0.1, 0.15) is 17.7 Å². The summed E-state index contributed by atoms with van der Waals surface area (Å²) in [5.74, 6) is 1.01. The number of rotatable bonds is 0. The van der Waals surface area contributed by atoms with Gasteiger partial charge in [0.25, 0.3) is 0 Å². The Morgan fingerprint density at radius 3 is 2.82 bits per heavy atom. The van der Waals surface area contributed by atoms with Gasteiger partial charge in [0.2, 0.25) is 0 Å². The molecule has 0 N–H and O–H groups in total. The lowest BCUT2D eigenvalue weighted by Crippen LogP contribution is -2.01. The van der Waals surface area contributed by atoms with Crippen molar-refractivity contribution in [3.8, 4) is 12.1 Å². The van der Waals surface area contributed by atoms with Gasteiger partial charge in [0, 0.05) is 20.7 Å². The molecule has 3 rings (SSSR count). The molecule has 0 atom stereocenters. The fourth-order valence-electron chi connectivity index (χ4n) is 1.92. The molecule has 80 valence electrons. The van der Waals surface area contributed by atoms with Crippen molar-refractivity contribution in [3.05, 3.63) is 28.0 Å². The molecule has 2 aromatic rings. The molecule has 0 radical (unpaired) electrons. The number of hydrogen-bond donors (Lipinski definition) is 0. The van der Waals surface area contributed by atoms with E-state index in [4.69, 9.17) is 10.5 Å². The molecule has 0 bridgehead atoms. The smallest absolute Gasteiger partial charge is 0.146 e. The maximum Gasteiger partial charge on any atom is 0.146 e. The normalized spacial score (nSPS) is 12.6. The van der Waals surface area contributed by atoms with Gasteiger partial charge in [-0.1, -0.05) is 6.08 Å². The molecule has 4 heteroatoms. The van der Waals surface area contributed by atoms with Crippen molar-refractivity contribution >= 4 is 44.8 Å². The molecule has 17 heavy (non-hydrogen) atoms. The minimum absolute atomic E-state index is 0.200. The Kier molecular flexibility index (Phi) is 2.40. The summed E-state index contributed by atoms with van der Waals surface area (Å²) in [5, 5.41) is 20.2. The lowest BCUT2D eigenvalue weighted by molar-refractivity contribution is 1.46. The molecule has 0 unspecified atom stereocenters. The van der Waals surface area contributed by atoms with Gasteiger partial charge >= 0.3 is 0 Å². The number of nitriles is 2. The molecule has 2 heterocycles. The molecule has 0 aliphatic carbocycles. The van der Waals surface area contributed by atoms with Crippen LogP contribution in [0.25, 0.3) is 21.7 Å². The van der Waals surface area contributed by atoms with Crippen molar-refractivity contribution in [2.24, 2.45) is 0 Å². The summed E-state index contributed by atoms with van der Waals surface area (Å²) in [5.41, 5.74) is 0.200. The summed E-state index contributed by atoms with van der Waals surface area (Å²) in [4.78, 5) is 1.29. The summed E-state index contributed by atoms with van der Waals surface area (Å²) in [7, 11) is 0. The topological polar surface area (TPSA) is 47.6 Å². The third kappa shape index (κ3) is 1.54. The largest absolute Gasteiger partial charge is 0.192 e. The highest BCUT2D eigenvalue weighted by molar-refractivity contribution is 7.99. The van der Waals surface area contributed by atoms with Crippen molar-refractivity contribution in [3.63, 3.8) is 0 Å². The zero-order valence-electron chi connectivity index (χ0n) is 8.73. The van der Waals surface area contributed by atoms with E-state index in [2.05, 4.69) is 18.2 Å². The number of benzene rings is 1. The highest BCUT2D eigenvalue weighted by Gasteiger charge is 2.09. The van der Waals surface area contributed by atoms with Crippen LogP contribution in [0.2, 0.25) is 0 Å². The highest BCUT2D eigenvalue weighted by Crippen LogP contribution is 2.24. The van der Waals surface area contributed by atoms with Crippen LogP contribution in [0.15, 0.2) is 23.1 Å². The fraction of sp³-hybridized carbons (Fsp3) is 0.0769. The quantitative estimate of drug-likeness (QED) is 0.722. The van der Waals surface area contributed by atoms with E-state index < -0.39 is 0 Å². The van der Waals surface area contributed by atoms with Crippen molar-refractivity contribution in [1.82, 2.24) is 0 Å². The molecule has 0 spiro atoms. The predicted octanol–water partition coefficient (Wildman–Crippen LogP) is 1.99. The molecule has 1 aliphatic heterocycles. The Morgan fingerprint density at radius 2 is 2.06 bits per heavy atom. The van der Waals surface area contributed by atoms with E-state index in [-0.39, 0.29) is 5.57 Å². The average molecular weight is 254 g/mol. The maximum absolute atomic E-state index is 8.88. The maximum atomic E-state index is 8.88. The van der Waals surface area contributed by atoms with Crippen LogP contribution in [0.3, 0.4) is 0 Å². The predicted molar refractivity (Wildman–Crippen MR) is 70.9 cm³/mol. The zero-order chi connectivity index (χ0) is 11.8. The number of thiophene rings is 1. The van der Waals surface area contributed by atoms with E-state index in [9.17, 15) is 0 Å². The highest BCUT2D eigenvalue weighted by atomic mass is 32.2. The second kappa shape index (κ2) is 3.92. The van der Waals surface area contributed by atoms with E-state index in [0.717, 1.165) is 20.4 Å². The second-order valence-electron chi connectivity index (χ2n) is 3.61. The Morgan fingerprint density at radius 1 is 1.24 bits per heavy atom. The first-order valence-electron chi connectivity index (χ1n) is 5.03. The molecular weight excluding hydrogens is 248 g/mol. The molecule has 1 aliphatic rings.